The molecule has 1 N–H and O–H groups in total. The van der Waals surface area contributed by atoms with Gasteiger partial charge in [0, 0.05) is 17.2 Å². The molecular weight excluding hydrogens is 256 g/mol. The summed E-state index contributed by atoms with van der Waals surface area (Å²) in [5.41, 5.74) is 1.23. The Balaban J connectivity index is 2.57. The zero-order valence-corrected chi connectivity index (χ0v) is 13.4. The third kappa shape index (κ3) is 4.60. The Morgan fingerprint density at radius 2 is 2.00 bits per heavy atom. The number of amides is 1. The Hall–Kier alpha value is -0.900. The number of unbranched alkanes of at least 4 members (excludes halogenated alkanes) is 2. The first kappa shape index (κ1) is 16.2. The van der Waals surface area contributed by atoms with Gasteiger partial charge in [-0.1, -0.05) is 40.5 Å². The van der Waals surface area contributed by atoms with Crippen LogP contribution in [0.4, 0.5) is 5.13 Å². The maximum atomic E-state index is 11.7. The van der Waals surface area contributed by atoms with Crippen LogP contribution in [-0.4, -0.2) is 10.9 Å². The lowest BCUT2D eigenvalue weighted by Crippen LogP contribution is -2.20. The van der Waals surface area contributed by atoms with E-state index in [2.05, 4.69) is 43.4 Å². The van der Waals surface area contributed by atoms with Gasteiger partial charge in [0.15, 0.2) is 5.13 Å². The average Bonchev–Trinajstić information content (AvgIpc) is 2.87. The quantitative estimate of drug-likeness (QED) is 0.700. The highest BCUT2D eigenvalue weighted by atomic mass is 32.1. The Bertz CT molecular complexity index is 397. The van der Waals surface area contributed by atoms with Crippen LogP contribution in [-0.2, 0) is 10.2 Å². The number of nitrogens with zero attached hydrogens (tertiary/aromatic N) is 1. The van der Waals surface area contributed by atoms with Crippen LogP contribution in [0.1, 0.15) is 71.9 Å². The summed E-state index contributed by atoms with van der Waals surface area (Å²) in [6.07, 6.45) is 5.94. The molecule has 0 aliphatic carbocycles. The second kappa shape index (κ2) is 7.63. The highest BCUT2D eigenvalue weighted by Crippen LogP contribution is 2.33. The number of nitrogens with one attached hydrogen (secondary N) is 1. The molecule has 0 bridgehead atoms. The van der Waals surface area contributed by atoms with Crippen LogP contribution in [0.5, 0.6) is 0 Å². The third-order valence-corrected chi connectivity index (χ3v) is 4.69. The molecule has 108 valence electrons. The molecule has 1 aromatic heterocycles. The van der Waals surface area contributed by atoms with Gasteiger partial charge in [-0.15, -0.1) is 11.3 Å². The van der Waals surface area contributed by atoms with E-state index in [9.17, 15) is 4.79 Å². The number of carbonyl (C=O) groups excluding carboxylic acids is 1. The molecule has 0 saturated heterocycles. The van der Waals surface area contributed by atoms with E-state index in [4.69, 9.17) is 0 Å². The van der Waals surface area contributed by atoms with Gasteiger partial charge < -0.3 is 5.32 Å². The van der Waals surface area contributed by atoms with Crippen molar-refractivity contribution in [1.29, 1.82) is 0 Å². The summed E-state index contributed by atoms with van der Waals surface area (Å²) in [6, 6.07) is 0. The molecule has 0 atom stereocenters. The van der Waals surface area contributed by atoms with Crippen LogP contribution in [0, 0.1) is 0 Å². The van der Waals surface area contributed by atoms with Gasteiger partial charge in [0.1, 0.15) is 0 Å². The summed E-state index contributed by atoms with van der Waals surface area (Å²) in [7, 11) is 0. The molecule has 4 heteroatoms. The summed E-state index contributed by atoms with van der Waals surface area (Å²) in [4.78, 5) is 16.3. The van der Waals surface area contributed by atoms with E-state index in [0.29, 0.717) is 6.42 Å². The van der Waals surface area contributed by atoms with Crippen molar-refractivity contribution < 1.29 is 4.79 Å². The molecule has 1 aromatic rings. The Morgan fingerprint density at radius 3 is 2.58 bits per heavy atom. The predicted molar refractivity (Wildman–Crippen MR) is 82.8 cm³/mol. The molecule has 1 amide bonds. The van der Waals surface area contributed by atoms with Crippen molar-refractivity contribution in [2.75, 3.05) is 5.32 Å². The van der Waals surface area contributed by atoms with E-state index in [-0.39, 0.29) is 11.3 Å². The molecule has 0 aliphatic heterocycles. The summed E-state index contributed by atoms with van der Waals surface area (Å²) in [5.74, 6) is 0.0871. The average molecular weight is 282 g/mol. The summed E-state index contributed by atoms with van der Waals surface area (Å²) in [6.45, 7) is 8.74. The van der Waals surface area contributed by atoms with Crippen molar-refractivity contribution in [3.63, 3.8) is 0 Å². The van der Waals surface area contributed by atoms with E-state index < -0.39 is 0 Å². The SMILES string of the molecule is CCCCCC(=O)Nc1nc(C(C)(CC)CC)cs1. The van der Waals surface area contributed by atoms with Crippen LogP contribution in [0.2, 0.25) is 0 Å². The fraction of sp³-hybridized carbons (Fsp3) is 0.733. The van der Waals surface area contributed by atoms with Crippen molar-refractivity contribution in [3.8, 4) is 0 Å². The molecule has 0 aliphatic rings. The Kier molecular flexibility index (Phi) is 6.49. The van der Waals surface area contributed by atoms with E-state index in [0.717, 1.165) is 42.9 Å². The number of aromatic nitrogens is 1. The molecule has 0 saturated carbocycles. The molecule has 0 aromatic carbocycles. The first-order valence-corrected chi connectivity index (χ1v) is 8.19. The van der Waals surface area contributed by atoms with Crippen molar-refractivity contribution in [3.05, 3.63) is 11.1 Å². The number of thiazole rings is 1. The van der Waals surface area contributed by atoms with E-state index in [1.807, 2.05) is 0 Å². The van der Waals surface area contributed by atoms with Crippen molar-refractivity contribution in [2.24, 2.45) is 0 Å². The van der Waals surface area contributed by atoms with Crippen molar-refractivity contribution >= 4 is 22.4 Å². The second-order valence-corrected chi connectivity index (χ2v) is 6.17. The van der Waals surface area contributed by atoms with Crippen LogP contribution >= 0.6 is 11.3 Å². The number of rotatable bonds is 8. The normalized spacial score (nSPS) is 11.6. The highest BCUT2D eigenvalue weighted by molar-refractivity contribution is 7.13. The Morgan fingerprint density at radius 1 is 1.32 bits per heavy atom. The van der Waals surface area contributed by atoms with Crippen LogP contribution in [0.25, 0.3) is 0 Å². The molecular formula is C15H26N2OS. The minimum atomic E-state index is 0.0871. The summed E-state index contributed by atoms with van der Waals surface area (Å²) < 4.78 is 0. The molecule has 0 fully saturated rings. The zero-order chi connectivity index (χ0) is 14.3. The maximum Gasteiger partial charge on any atom is 0.226 e. The van der Waals surface area contributed by atoms with Crippen LogP contribution in [0.15, 0.2) is 5.38 Å². The summed E-state index contributed by atoms with van der Waals surface area (Å²) >= 11 is 1.53. The lowest BCUT2D eigenvalue weighted by atomic mass is 9.82. The zero-order valence-electron chi connectivity index (χ0n) is 12.6. The summed E-state index contributed by atoms with van der Waals surface area (Å²) in [5, 5.41) is 5.73. The predicted octanol–water partition coefficient (Wildman–Crippen LogP) is 4.74. The topological polar surface area (TPSA) is 42.0 Å². The fourth-order valence-electron chi connectivity index (χ4n) is 1.94. The fourth-order valence-corrected chi connectivity index (χ4v) is 2.82. The van der Waals surface area contributed by atoms with E-state index in [1.54, 1.807) is 0 Å². The smallest absolute Gasteiger partial charge is 0.226 e. The van der Waals surface area contributed by atoms with Gasteiger partial charge in [0.2, 0.25) is 5.91 Å². The minimum Gasteiger partial charge on any atom is -0.302 e. The van der Waals surface area contributed by atoms with Crippen molar-refractivity contribution in [2.45, 2.75) is 71.6 Å². The Labute approximate surface area is 120 Å². The lowest BCUT2D eigenvalue weighted by Gasteiger charge is -2.24. The molecule has 0 radical (unpaired) electrons. The van der Waals surface area contributed by atoms with Gasteiger partial charge in [0.05, 0.1) is 5.69 Å². The molecule has 1 heterocycles. The maximum absolute atomic E-state index is 11.7. The van der Waals surface area contributed by atoms with Crippen LogP contribution < -0.4 is 5.32 Å². The second-order valence-electron chi connectivity index (χ2n) is 5.31. The lowest BCUT2D eigenvalue weighted by molar-refractivity contribution is -0.116. The largest absolute Gasteiger partial charge is 0.302 e. The van der Waals surface area contributed by atoms with Gasteiger partial charge in [-0.25, -0.2) is 4.98 Å². The molecule has 0 spiro atoms. The molecule has 19 heavy (non-hydrogen) atoms. The molecule has 0 unspecified atom stereocenters. The minimum absolute atomic E-state index is 0.0871. The number of hydrogen-bond donors (Lipinski definition) is 1. The highest BCUT2D eigenvalue weighted by Gasteiger charge is 2.25. The van der Waals surface area contributed by atoms with Crippen LogP contribution in [0.3, 0.4) is 0 Å². The first-order valence-electron chi connectivity index (χ1n) is 7.31. The van der Waals surface area contributed by atoms with Gasteiger partial charge in [-0.3, -0.25) is 4.79 Å². The third-order valence-electron chi connectivity index (χ3n) is 3.94. The van der Waals surface area contributed by atoms with Gasteiger partial charge in [0.25, 0.3) is 0 Å². The first-order chi connectivity index (χ1) is 9.05. The number of anilines is 1. The number of hydrogen-bond acceptors (Lipinski definition) is 3. The van der Waals surface area contributed by atoms with Gasteiger partial charge >= 0.3 is 0 Å². The monoisotopic (exact) mass is 282 g/mol. The van der Waals surface area contributed by atoms with E-state index >= 15 is 0 Å². The molecule has 3 nitrogen and oxygen atoms in total. The number of carbonyl (C=O) groups is 1. The van der Waals surface area contributed by atoms with Gasteiger partial charge in [-0.05, 0) is 19.3 Å². The van der Waals surface area contributed by atoms with Crippen molar-refractivity contribution in [1.82, 2.24) is 4.98 Å². The molecule has 1 rings (SSSR count). The van der Waals surface area contributed by atoms with E-state index in [1.165, 1.54) is 11.3 Å². The van der Waals surface area contributed by atoms with Gasteiger partial charge in [-0.2, -0.15) is 0 Å². The standard InChI is InChI=1S/C15H26N2OS/c1-5-8-9-10-13(18)17-14-16-12(11-19-14)15(4,6-2)7-3/h11H,5-10H2,1-4H3,(H,16,17,18).